The summed E-state index contributed by atoms with van der Waals surface area (Å²) in [6.07, 6.45) is 5.22. The van der Waals surface area contributed by atoms with E-state index in [-0.39, 0.29) is 23.6 Å². The number of methoxy groups -OCH3 is 1. The summed E-state index contributed by atoms with van der Waals surface area (Å²) in [4.78, 5) is 17.6. The molecule has 1 atom stereocenters. The number of carbonyl (C=O) groups excluding carboxylic acids is 1. The first-order chi connectivity index (χ1) is 11.6. The Balaban J connectivity index is 1.75. The van der Waals surface area contributed by atoms with Crippen LogP contribution in [-0.4, -0.2) is 22.4 Å². The van der Waals surface area contributed by atoms with Crippen molar-refractivity contribution in [3.63, 3.8) is 0 Å². The van der Waals surface area contributed by atoms with Crippen molar-refractivity contribution in [2.45, 2.75) is 12.5 Å². The Morgan fingerprint density at radius 2 is 1.96 bits per heavy atom. The molecule has 4 rings (SSSR count). The van der Waals surface area contributed by atoms with Crippen LogP contribution in [0, 0.1) is 11.6 Å². The molecule has 1 saturated heterocycles. The fourth-order valence-electron chi connectivity index (χ4n) is 3.02. The first-order valence-corrected chi connectivity index (χ1v) is 7.36. The fraction of sp³-hybridized carbons (Fsp3) is 0.176. The Bertz CT molecular complexity index is 931. The van der Waals surface area contributed by atoms with Gasteiger partial charge in [-0.15, -0.1) is 0 Å². The Hall–Kier alpha value is -2.96. The third-order valence-corrected chi connectivity index (χ3v) is 4.23. The van der Waals surface area contributed by atoms with Crippen molar-refractivity contribution in [3.8, 4) is 5.75 Å². The molecule has 2 aromatic heterocycles. The number of benzene rings is 1. The highest BCUT2D eigenvalue weighted by atomic mass is 19.1. The van der Waals surface area contributed by atoms with Crippen molar-refractivity contribution in [1.82, 2.24) is 9.38 Å². The number of ether oxygens (including phenoxy) is 1. The Labute approximate surface area is 136 Å². The number of carbonyl (C=O) groups is 1. The molecule has 24 heavy (non-hydrogen) atoms. The highest BCUT2D eigenvalue weighted by Gasteiger charge is 2.41. The average molecular weight is 329 g/mol. The number of rotatable bonds is 3. The van der Waals surface area contributed by atoms with Crippen LogP contribution in [0.5, 0.6) is 5.75 Å². The van der Waals surface area contributed by atoms with E-state index in [1.165, 1.54) is 12.0 Å². The molecule has 0 aliphatic carbocycles. The van der Waals surface area contributed by atoms with Gasteiger partial charge in [0.05, 0.1) is 19.6 Å². The van der Waals surface area contributed by atoms with Crippen molar-refractivity contribution in [2.75, 3.05) is 12.0 Å². The number of hydrogen-bond donors (Lipinski definition) is 0. The number of fused-ring (bicyclic) bond motifs is 1. The first kappa shape index (κ1) is 14.6. The topological polar surface area (TPSA) is 46.8 Å². The SMILES string of the molecule is COc1cc(F)c(C2CC(=O)N2c2ccn3ccnc3c2)c(F)c1. The Kier molecular flexibility index (Phi) is 3.23. The molecular formula is C17H13F2N3O2. The number of pyridine rings is 1. The molecule has 0 spiro atoms. The summed E-state index contributed by atoms with van der Waals surface area (Å²) < 4.78 is 35.3. The molecule has 1 unspecified atom stereocenters. The Morgan fingerprint density at radius 3 is 2.62 bits per heavy atom. The number of nitrogens with zero attached hydrogens (tertiary/aromatic N) is 3. The quantitative estimate of drug-likeness (QED) is 0.694. The van der Waals surface area contributed by atoms with Crippen LogP contribution in [0.1, 0.15) is 18.0 Å². The first-order valence-electron chi connectivity index (χ1n) is 7.36. The lowest BCUT2D eigenvalue weighted by Gasteiger charge is -2.40. The largest absolute Gasteiger partial charge is 0.497 e. The summed E-state index contributed by atoms with van der Waals surface area (Å²) in [5, 5.41) is 0. The van der Waals surface area contributed by atoms with E-state index in [1.54, 1.807) is 35.1 Å². The van der Waals surface area contributed by atoms with Crippen LogP contribution in [-0.2, 0) is 4.79 Å². The molecule has 1 aliphatic rings. The van der Waals surface area contributed by atoms with Gasteiger partial charge in [0.25, 0.3) is 0 Å². The molecule has 1 amide bonds. The summed E-state index contributed by atoms with van der Waals surface area (Å²) in [6, 6.07) is 5.00. The molecule has 1 aromatic carbocycles. The van der Waals surface area contributed by atoms with Crippen LogP contribution < -0.4 is 9.64 Å². The molecule has 1 fully saturated rings. The van der Waals surface area contributed by atoms with E-state index in [4.69, 9.17) is 4.74 Å². The molecule has 0 N–H and O–H groups in total. The van der Waals surface area contributed by atoms with Crippen LogP contribution in [0.4, 0.5) is 14.5 Å². The second kappa shape index (κ2) is 5.30. The highest BCUT2D eigenvalue weighted by Crippen LogP contribution is 2.41. The van der Waals surface area contributed by atoms with Crippen molar-refractivity contribution >= 4 is 17.2 Å². The van der Waals surface area contributed by atoms with Gasteiger partial charge in [0.2, 0.25) is 5.91 Å². The molecule has 0 radical (unpaired) electrons. The van der Waals surface area contributed by atoms with Crippen molar-refractivity contribution in [2.24, 2.45) is 0 Å². The highest BCUT2D eigenvalue weighted by molar-refractivity contribution is 6.01. The summed E-state index contributed by atoms with van der Waals surface area (Å²) in [7, 11) is 1.34. The second-order valence-corrected chi connectivity index (χ2v) is 5.57. The zero-order valence-corrected chi connectivity index (χ0v) is 12.7. The van der Waals surface area contributed by atoms with E-state index in [1.807, 2.05) is 0 Å². The van der Waals surface area contributed by atoms with Gasteiger partial charge in [0.1, 0.15) is 23.0 Å². The van der Waals surface area contributed by atoms with Crippen LogP contribution in [0.25, 0.3) is 5.65 Å². The summed E-state index contributed by atoms with van der Waals surface area (Å²) in [5.41, 5.74) is 1.09. The number of β-lactam (4-membered cyclic amide) rings is 1. The van der Waals surface area contributed by atoms with Gasteiger partial charge >= 0.3 is 0 Å². The number of aromatic nitrogens is 2. The standard InChI is InChI=1S/C17H13F2N3O2/c1-24-11-7-12(18)17(13(19)8-11)14-9-16(23)22(14)10-2-4-21-5-3-20-15(21)6-10/h2-8,14H,9H2,1H3. The molecule has 0 saturated carbocycles. The predicted octanol–water partition coefficient (Wildman–Crippen LogP) is 3.10. The minimum atomic E-state index is -0.726. The van der Waals surface area contributed by atoms with Gasteiger partial charge in [0.15, 0.2) is 0 Å². The van der Waals surface area contributed by atoms with E-state index in [0.29, 0.717) is 11.3 Å². The number of halogens is 2. The molecule has 0 bridgehead atoms. The third-order valence-electron chi connectivity index (χ3n) is 4.23. The fourth-order valence-corrected chi connectivity index (χ4v) is 3.02. The van der Waals surface area contributed by atoms with Gasteiger partial charge in [-0.1, -0.05) is 0 Å². The van der Waals surface area contributed by atoms with E-state index < -0.39 is 17.7 Å². The molecule has 7 heteroatoms. The predicted molar refractivity (Wildman–Crippen MR) is 82.9 cm³/mol. The third kappa shape index (κ3) is 2.12. The summed E-state index contributed by atoms with van der Waals surface area (Å²) >= 11 is 0. The number of anilines is 1. The normalized spacial score (nSPS) is 17.2. The van der Waals surface area contributed by atoms with Crippen molar-refractivity contribution in [1.29, 1.82) is 0 Å². The van der Waals surface area contributed by atoms with Crippen LogP contribution in [0.3, 0.4) is 0 Å². The van der Waals surface area contributed by atoms with E-state index in [9.17, 15) is 13.6 Å². The van der Waals surface area contributed by atoms with Gasteiger partial charge in [-0.2, -0.15) is 0 Å². The lowest BCUT2D eigenvalue weighted by atomic mass is 9.92. The monoisotopic (exact) mass is 329 g/mol. The molecule has 5 nitrogen and oxygen atoms in total. The maximum Gasteiger partial charge on any atom is 0.230 e. The summed E-state index contributed by atoms with van der Waals surface area (Å²) in [5.74, 6) is -1.54. The van der Waals surface area contributed by atoms with E-state index in [2.05, 4.69) is 4.98 Å². The van der Waals surface area contributed by atoms with Gasteiger partial charge in [-0.05, 0) is 6.07 Å². The van der Waals surface area contributed by atoms with Crippen LogP contribution in [0.2, 0.25) is 0 Å². The smallest absolute Gasteiger partial charge is 0.230 e. The maximum atomic E-state index is 14.3. The van der Waals surface area contributed by atoms with Crippen LogP contribution >= 0.6 is 0 Å². The minimum Gasteiger partial charge on any atom is -0.497 e. The zero-order chi connectivity index (χ0) is 16.8. The molecule has 122 valence electrons. The van der Waals surface area contributed by atoms with Gasteiger partial charge in [-0.3, -0.25) is 4.79 Å². The molecule has 3 aromatic rings. The van der Waals surface area contributed by atoms with Crippen molar-refractivity contribution < 1.29 is 18.3 Å². The maximum absolute atomic E-state index is 14.3. The van der Waals surface area contributed by atoms with Gasteiger partial charge in [0, 0.05) is 48.0 Å². The second-order valence-electron chi connectivity index (χ2n) is 5.57. The minimum absolute atomic E-state index is 0.0553. The average Bonchev–Trinajstić information content (AvgIpc) is 3.00. The number of imidazole rings is 1. The van der Waals surface area contributed by atoms with Gasteiger partial charge in [-0.25, -0.2) is 13.8 Å². The molecule has 1 aliphatic heterocycles. The lowest BCUT2D eigenvalue weighted by Crippen LogP contribution is -2.47. The van der Waals surface area contributed by atoms with Crippen molar-refractivity contribution in [3.05, 3.63) is 60.1 Å². The number of amides is 1. The van der Waals surface area contributed by atoms with Gasteiger partial charge < -0.3 is 14.0 Å². The zero-order valence-electron chi connectivity index (χ0n) is 12.7. The number of hydrogen-bond acceptors (Lipinski definition) is 3. The Morgan fingerprint density at radius 1 is 1.21 bits per heavy atom. The molecule has 3 heterocycles. The summed E-state index contributed by atoms with van der Waals surface area (Å²) in [6.45, 7) is 0. The van der Waals surface area contributed by atoms with Crippen LogP contribution in [0.15, 0.2) is 42.9 Å². The van der Waals surface area contributed by atoms with E-state index >= 15 is 0 Å². The molecular weight excluding hydrogens is 316 g/mol. The lowest BCUT2D eigenvalue weighted by molar-refractivity contribution is -0.124. The van der Waals surface area contributed by atoms with E-state index in [0.717, 1.165) is 12.1 Å².